The van der Waals surface area contributed by atoms with Gasteiger partial charge in [-0.1, -0.05) is 0 Å². The van der Waals surface area contributed by atoms with Crippen molar-refractivity contribution in [2.45, 2.75) is 6.04 Å². The van der Waals surface area contributed by atoms with Gasteiger partial charge in [0.15, 0.2) is 0 Å². The second-order valence-electron chi connectivity index (χ2n) is 7.40. The number of urea groups is 1. The van der Waals surface area contributed by atoms with Crippen molar-refractivity contribution in [1.82, 2.24) is 15.2 Å². The number of H-pyrrole nitrogens is 1. The molecule has 162 valence electrons. The second-order valence-corrected chi connectivity index (χ2v) is 7.40. The molecule has 1 fully saturated rings. The SMILES string of the molecule is NC(=O)Nc1ccc2c(c1)C(=Cc1cc(C(CN3CCOCC3)NC=O)c[nH]1)C(=O)N2. The lowest BCUT2D eigenvalue weighted by atomic mass is 10.0. The van der Waals surface area contributed by atoms with Crippen LogP contribution < -0.4 is 21.7 Å². The molecule has 4 amide bonds. The van der Waals surface area contributed by atoms with Gasteiger partial charge >= 0.3 is 6.03 Å². The summed E-state index contributed by atoms with van der Waals surface area (Å²) in [5.41, 5.74) is 9.11. The van der Waals surface area contributed by atoms with Crippen molar-refractivity contribution in [2.24, 2.45) is 5.73 Å². The van der Waals surface area contributed by atoms with E-state index in [2.05, 4.69) is 25.8 Å². The molecule has 1 aromatic heterocycles. The van der Waals surface area contributed by atoms with E-state index < -0.39 is 6.03 Å². The zero-order chi connectivity index (χ0) is 21.8. The number of fused-ring (bicyclic) bond motifs is 1. The Balaban J connectivity index is 1.56. The van der Waals surface area contributed by atoms with Crippen molar-refractivity contribution in [3.63, 3.8) is 0 Å². The molecular weight excluding hydrogens is 400 g/mol. The molecule has 2 aromatic rings. The minimum Gasteiger partial charge on any atom is -0.379 e. The molecule has 1 unspecified atom stereocenters. The number of primary amides is 1. The number of morpholine rings is 1. The van der Waals surface area contributed by atoms with Crippen LogP contribution in [0.1, 0.15) is 22.9 Å². The number of nitrogens with one attached hydrogen (secondary N) is 4. The van der Waals surface area contributed by atoms with Crippen LogP contribution in [0.15, 0.2) is 30.5 Å². The first-order valence-corrected chi connectivity index (χ1v) is 9.95. The molecule has 2 aliphatic heterocycles. The number of rotatable bonds is 7. The largest absolute Gasteiger partial charge is 0.379 e. The van der Waals surface area contributed by atoms with Gasteiger partial charge in [0, 0.05) is 48.5 Å². The highest BCUT2D eigenvalue weighted by molar-refractivity contribution is 6.35. The highest BCUT2D eigenvalue weighted by Crippen LogP contribution is 2.35. The van der Waals surface area contributed by atoms with Gasteiger partial charge in [-0.25, -0.2) is 4.79 Å². The maximum absolute atomic E-state index is 12.5. The van der Waals surface area contributed by atoms with E-state index in [1.54, 1.807) is 24.3 Å². The van der Waals surface area contributed by atoms with Crippen molar-refractivity contribution < 1.29 is 19.1 Å². The van der Waals surface area contributed by atoms with E-state index in [4.69, 9.17) is 10.5 Å². The Bertz CT molecular complexity index is 1020. The Hall–Kier alpha value is -3.63. The van der Waals surface area contributed by atoms with Gasteiger partial charge < -0.3 is 31.4 Å². The maximum Gasteiger partial charge on any atom is 0.316 e. The van der Waals surface area contributed by atoms with E-state index in [-0.39, 0.29) is 11.9 Å². The topological polar surface area (TPSA) is 142 Å². The van der Waals surface area contributed by atoms with Crippen LogP contribution in [-0.2, 0) is 14.3 Å². The third kappa shape index (κ3) is 4.76. The molecule has 31 heavy (non-hydrogen) atoms. The number of anilines is 2. The molecule has 1 atom stereocenters. The number of nitrogens with two attached hydrogens (primary N) is 1. The van der Waals surface area contributed by atoms with E-state index in [1.807, 2.05) is 12.3 Å². The number of benzene rings is 1. The van der Waals surface area contributed by atoms with Gasteiger partial charge in [-0.3, -0.25) is 14.5 Å². The molecule has 3 heterocycles. The van der Waals surface area contributed by atoms with Crippen molar-refractivity contribution in [1.29, 1.82) is 0 Å². The number of nitrogens with zero attached hydrogens (tertiary/aromatic N) is 1. The highest BCUT2D eigenvalue weighted by atomic mass is 16.5. The first kappa shape index (κ1) is 20.6. The summed E-state index contributed by atoms with van der Waals surface area (Å²) in [7, 11) is 0. The average Bonchev–Trinajstić information content (AvgIpc) is 3.33. The van der Waals surface area contributed by atoms with Gasteiger partial charge in [0.2, 0.25) is 6.41 Å². The lowest BCUT2D eigenvalue weighted by Gasteiger charge is -2.30. The molecule has 4 rings (SSSR count). The van der Waals surface area contributed by atoms with Crippen LogP contribution in [0.2, 0.25) is 0 Å². The second kappa shape index (κ2) is 9.02. The summed E-state index contributed by atoms with van der Waals surface area (Å²) >= 11 is 0. The van der Waals surface area contributed by atoms with Crippen LogP contribution in [0.25, 0.3) is 11.6 Å². The zero-order valence-electron chi connectivity index (χ0n) is 16.8. The van der Waals surface area contributed by atoms with Crippen molar-refractivity contribution in [3.8, 4) is 0 Å². The minimum absolute atomic E-state index is 0.185. The van der Waals surface area contributed by atoms with E-state index in [1.165, 1.54) is 0 Å². The highest BCUT2D eigenvalue weighted by Gasteiger charge is 2.25. The predicted molar refractivity (Wildman–Crippen MR) is 116 cm³/mol. The summed E-state index contributed by atoms with van der Waals surface area (Å²) in [6, 6.07) is 6.13. The first-order valence-electron chi connectivity index (χ1n) is 9.95. The third-order valence-corrected chi connectivity index (χ3v) is 5.31. The van der Waals surface area contributed by atoms with Crippen LogP contribution in [0.4, 0.5) is 16.2 Å². The van der Waals surface area contributed by atoms with Gasteiger partial charge in [0.05, 0.1) is 24.8 Å². The van der Waals surface area contributed by atoms with Crippen molar-refractivity contribution >= 4 is 41.4 Å². The lowest BCUT2D eigenvalue weighted by molar-refractivity contribution is -0.111. The van der Waals surface area contributed by atoms with Crippen LogP contribution in [0.3, 0.4) is 0 Å². The van der Waals surface area contributed by atoms with Crippen LogP contribution in [0.5, 0.6) is 0 Å². The molecule has 0 aliphatic carbocycles. The molecule has 10 heteroatoms. The fourth-order valence-corrected chi connectivity index (χ4v) is 3.80. The molecule has 1 saturated heterocycles. The lowest BCUT2D eigenvalue weighted by Crippen LogP contribution is -2.41. The number of amides is 4. The zero-order valence-corrected chi connectivity index (χ0v) is 16.8. The number of aromatic nitrogens is 1. The number of aromatic amines is 1. The number of carbonyl (C=O) groups excluding carboxylic acids is 3. The van der Waals surface area contributed by atoms with Crippen molar-refractivity contribution in [3.05, 3.63) is 47.3 Å². The van der Waals surface area contributed by atoms with Gasteiger partial charge in [0.1, 0.15) is 0 Å². The van der Waals surface area contributed by atoms with E-state index in [9.17, 15) is 14.4 Å². The standard InChI is InChI=1S/C21H24N6O4/c22-21(30)25-14-1-2-18-16(8-14)17(20(29)26-18)9-15-7-13(10-23-15)19(24-12-28)11-27-3-5-31-6-4-27/h1-2,7-10,12,19,23H,3-6,11H2,(H,24,28)(H,26,29)(H3,22,25,30). The summed E-state index contributed by atoms with van der Waals surface area (Å²) in [6.45, 7) is 3.66. The Kier molecular flexibility index (Phi) is 6.01. The molecule has 0 spiro atoms. The average molecular weight is 424 g/mol. The Morgan fingerprint density at radius 3 is 2.84 bits per heavy atom. The summed E-state index contributed by atoms with van der Waals surface area (Å²) in [5, 5.41) is 8.19. The molecular formula is C21H24N6O4. The summed E-state index contributed by atoms with van der Waals surface area (Å²) in [5.74, 6) is -0.238. The molecule has 0 saturated carbocycles. The van der Waals surface area contributed by atoms with Crippen LogP contribution >= 0.6 is 0 Å². The van der Waals surface area contributed by atoms with E-state index in [0.717, 1.165) is 24.3 Å². The van der Waals surface area contributed by atoms with Gasteiger partial charge in [-0.15, -0.1) is 0 Å². The van der Waals surface area contributed by atoms with E-state index in [0.29, 0.717) is 48.7 Å². The molecule has 1 aromatic carbocycles. The number of carbonyl (C=O) groups is 3. The van der Waals surface area contributed by atoms with Crippen LogP contribution in [-0.4, -0.2) is 61.1 Å². The third-order valence-electron chi connectivity index (χ3n) is 5.31. The first-order chi connectivity index (χ1) is 15.0. The molecule has 6 N–H and O–H groups in total. The van der Waals surface area contributed by atoms with Crippen LogP contribution in [0, 0.1) is 0 Å². The quantitative estimate of drug-likeness (QED) is 0.334. The molecule has 10 nitrogen and oxygen atoms in total. The van der Waals surface area contributed by atoms with Crippen molar-refractivity contribution in [2.75, 3.05) is 43.5 Å². The predicted octanol–water partition coefficient (Wildman–Crippen LogP) is 1.12. The summed E-state index contributed by atoms with van der Waals surface area (Å²) in [4.78, 5) is 40.2. The fraction of sp³-hybridized carbons (Fsp3) is 0.286. The van der Waals surface area contributed by atoms with E-state index >= 15 is 0 Å². The number of hydrogen-bond donors (Lipinski definition) is 5. The Morgan fingerprint density at radius 1 is 1.29 bits per heavy atom. The summed E-state index contributed by atoms with van der Waals surface area (Å²) in [6.07, 6.45) is 4.27. The maximum atomic E-state index is 12.5. The minimum atomic E-state index is -0.675. The molecule has 0 radical (unpaired) electrons. The Morgan fingerprint density at radius 2 is 2.10 bits per heavy atom. The smallest absolute Gasteiger partial charge is 0.316 e. The number of ether oxygens (including phenoxy) is 1. The number of hydrogen-bond acceptors (Lipinski definition) is 5. The normalized spacial score (nSPS) is 18.3. The molecule has 0 bridgehead atoms. The van der Waals surface area contributed by atoms with Gasteiger partial charge in [-0.2, -0.15) is 0 Å². The molecule has 2 aliphatic rings. The monoisotopic (exact) mass is 424 g/mol. The van der Waals surface area contributed by atoms with Gasteiger partial charge in [-0.05, 0) is 35.9 Å². The van der Waals surface area contributed by atoms with Gasteiger partial charge in [0.25, 0.3) is 5.91 Å². The summed E-state index contributed by atoms with van der Waals surface area (Å²) < 4.78 is 5.38. The Labute approximate surface area is 178 Å². The fourth-order valence-electron chi connectivity index (χ4n) is 3.80.